The third-order valence-corrected chi connectivity index (χ3v) is 3.18. The number of nitrogens with two attached hydrogens (primary N) is 1. The molecular formula is C12H17ClN4O. The number of rotatable bonds is 6. The van der Waals surface area contributed by atoms with Crippen LogP contribution in [0.25, 0.3) is 0 Å². The molecule has 0 saturated carbocycles. The van der Waals surface area contributed by atoms with Crippen molar-refractivity contribution < 1.29 is 4.42 Å². The van der Waals surface area contributed by atoms with Gasteiger partial charge in [-0.15, -0.1) is 0 Å². The molecule has 18 heavy (non-hydrogen) atoms. The summed E-state index contributed by atoms with van der Waals surface area (Å²) in [5.41, 5.74) is 3.61. The van der Waals surface area contributed by atoms with Gasteiger partial charge in [0.2, 0.25) is 0 Å². The minimum atomic E-state index is -0.103. The summed E-state index contributed by atoms with van der Waals surface area (Å²) in [6.45, 7) is 3.08. The Morgan fingerprint density at radius 3 is 3.06 bits per heavy atom. The smallest absolute Gasteiger partial charge is 0.197 e. The highest BCUT2D eigenvalue weighted by molar-refractivity contribution is 6.29. The monoisotopic (exact) mass is 268 g/mol. The number of aryl methyl sites for hydroxylation is 1. The van der Waals surface area contributed by atoms with Crippen LogP contribution >= 0.6 is 11.6 Å². The molecule has 98 valence electrons. The molecule has 0 aliphatic carbocycles. The molecular weight excluding hydrogens is 252 g/mol. The number of aromatic nitrogens is 2. The van der Waals surface area contributed by atoms with Crippen LogP contribution in [0.15, 0.2) is 29.1 Å². The fourth-order valence-corrected chi connectivity index (χ4v) is 2.22. The summed E-state index contributed by atoms with van der Waals surface area (Å²) in [6.07, 6.45) is 7.07. The molecule has 2 aromatic heterocycles. The molecule has 0 aromatic carbocycles. The van der Waals surface area contributed by atoms with Crippen molar-refractivity contribution in [3.63, 3.8) is 0 Å². The second kappa shape index (κ2) is 6.04. The maximum Gasteiger partial charge on any atom is 0.197 e. The Morgan fingerprint density at radius 2 is 2.44 bits per heavy atom. The van der Waals surface area contributed by atoms with E-state index in [1.165, 1.54) is 0 Å². The molecule has 1 atom stereocenters. The van der Waals surface area contributed by atoms with Crippen LogP contribution in [0.5, 0.6) is 0 Å². The van der Waals surface area contributed by atoms with Crippen molar-refractivity contribution in [3.8, 4) is 0 Å². The van der Waals surface area contributed by atoms with Crippen LogP contribution in [0.1, 0.15) is 30.8 Å². The minimum absolute atomic E-state index is 0.103. The van der Waals surface area contributed by atoms with Crippen molar-refractivity contribution in [2.45, 2.75) is 32.4 Å². The molecule has 1 unspecified atom stereocenters. The quantitative estimate of drug-likeness (QED) is 0.623. The molecule has 3 N–H and O–H groups in total. The highest BCUT2D eigenvalue weighted by atomic mass is 35.5. The van der Waals surface area contributed by atoms with Gasteiger partial charge in [-0.05, 0) is 24.1 Å². The fourth-order valence-electron chi connectivity index (χ4n) is 1.97. The average Bonchev–Trinajstić information content (AvgIpc) is 2.96. The number of hydrogen-bond acceptors (Lipinski definition) is 4. The van der Waals surface area contributed by atoms with E-state index < -0.39 is 0 Å². The Morgan fingerprint density at radius 1 is 1.61 bits per heavy atom. The van der Waals surface area contributed by atoms with E-state index in [1.807, 2.05) is 12.3 Å². The van der Waals surface area contributed by atoms with Gasteiger partial charge in [-0.3, -0.25) is 11.3 Å². The van der Waals surface area contributed by atoms with Crippen LogP contribution in [0.2, 0.25) is 5.22 Å². The topological polar surface area (TPSA) is 69.0 Å². The van der Waals surface area contributed by atoms with Crippen LogP contribution in [0.4, 0.5) is 0 Å². The fraction of sp³-hybridized carbons (Fsp3) is 0.417. The van der Waals surface area contributed by atoms with E-state index in [4.69, 9.17) is 21.9 Å². The lowest BCUT2D eigenvalue weighted by Gasteiger charge is -2.15. The van der Waals surface area contributed by atoms with E-state index in [0.29, 0.717) is 11.6 Å². The Kier molecular flexibility index (Phi) is 4.41. The number of halogens is 1. The summed E-state index contributed by atoms with van der Waals surface area (Å²) in [7, 11) is 0. The van der Waals surface area contributed by atoms with Crippen molar-refractivity contribution in [2.24, 2.45) is 5.84 Å². The first-order valence-corrected chi connectivity index (χ1v) is 6.33. The Bertz CT molecular complexity index is 494. The van der Waals surface area contributed by atoms with Gasteiger partial charge in [-0.25, -0.2) is 4.98 Å². The van der Waals surface area contributed by atoms with Gasteiger partial charge in [0.05, 0.1) is 12.3 Å². The van der Waals surface area contributed by atoms with E-state index in [1.54, 1.807) is 12.5 Å². The summed E-state index contributed by atoms with van der Waals surface area (Å²) in [5.74, 6) is 6.57. The molecule has 2 aromatic rings. The molecule has 2 heterocycles. The number of hydrazine groups is 1. The van der Waals surface area contributed by atoms with Crippen LogP contribution in [0.3, 0.4) is 0 Å². The zero-order valence-corrected chi connectivity index (χ0v) is 11.0. The first-order chi connectivity index (χ1) is 8.76. The van der Waals surface area contributed by atoms with Crippen LogP contribution in [0, 0.1) is 0 Å². The third kappa shape index (κ3) is 2.75. The lowest BCUT2D eigenvalue weighted by molar-refractivity contribution is 0.504. The van der Waals surface area contributed by atoms with Gasteiger partial charge in [0.25, 0.3) is 0 Å². The van der Waals surface area contributed by atoms with Crippen molar-refractivity contribution in [1.29, 1.82) is 0 Å². The van der Waals surface area contributed by atoms with Crippen molar-refractivity contribution in [3.05, 3.63) is 41.3 Å². The molecule has 0 radical (unpaired) electrons. The second-order valence-corrected chi connectivity index (χ2v) is 4.45. The molecule has 6 heteroatoms. The van der Waals surface area contributed by atoms with E-state index >= 15 is 0 Å². The summed E-state index contributed by atoms with van der Waals surface area (Å²) in [5, 5.41) is 0.367. The molecule has 0 fully saturated rings. The van der Waals surface area contributed by atoms with Crippen LogP contribution < -0.4 is 11.3 Å². The molecule has 0 aliphatic rings. The van der Waals surface area contributed by atoms with Gasteiger partial charge in [0.1, 0.15) is 5.82 Å². The number of nitrogens with zero attached hydrogens (tertiary/aromatic N) is 2. The molecule has 5 nitrogen and oxygen atoms in total. The SMILES string of the molecule is CCCn1ccnc1CC(NN)c1ccoc1Cl. The first-order valence-electron chi connectivity index (χ1n) is 5.95. The van der Waals surface area contributed by atoms with E-state index in [9.17, 15) is 0 Å². The predicted octanol–water partition coefficient (Wildman–Crippen LogP) is 2.29. The second-order valence-electron chi connectivity index (χ2n) is 4.11. The number of nitrogens with one attached hydrogen (secondary N) is 1. The zero-order valence-electron chi connectivity index (χ0n) is 10.3. The third-order valence-electron chi connectivity index (χ3n) is 2.88. The van der Waals surface area contributed by atoms with Crippen LogP contribution in [-0.2, 0) is 13.0 Å². The highest BCUT2D eigenvalue weighted by Crippen LogP contribution is 2.25. The van der Waals surface area contributed by atoms with Gasteiger partial charge in [0, 0.05) is 30.9 Å². The Hall–Kier alpha value is -1.30. The van der Waals surface area contributed by atoms with Crippen LogP contribution in [-0.4, -0.2) is 9.55 Å². The van der Waals surface area contributed by atoms with Gasteiger partial charge in [-0.2, -0.15) is 0 Å². The van der Waals surface area contributed by atoms with Gasteiger partial charge < -0.3 is 8.98 Å². The van der Waals surface area contributed by atoms with Gasteiger partial charge in [0.15, 0.2) is 5.22 Å². The summed E-state index contributed by atoms with van der Waals surface area (Å²) < 4.78 is 7.21. The summed E-state index contributed by atoms with van der Waals surface area (Å²) in [4.78, 5) is 4.36. The normalized spacial score (nSPS) is 12.8. The Balaban J connectivity index is 2.15. The summed E-state index contributed by atoms with van der Waals surface area (Å²) in [6, 6.07) is 1.72. The van der Waals surface area contributed by atoms with Gasteiger partial charge in [-0.1, -0.05) is 6.92 Å². The van der Waals surface area contributed by atoms with Crippen molar-refractivity contribution >= 4 is 11.6 Å². The molecule has 0 aliphatic heterocycles. The lowest BCUT2D eigenvalue weighted by atomic mass is 10.1. The molecule has 0 amide bonds. The molecule has 0 bridgehead atoms. The number of furan rings is 1. The van der Waals surface area contributed by atoms with E-state index in [0.717, 1.165) is 24.4 Å². The lowest BCUT2D eigenvalue weighted by Crippen LogP contribution is -2.30. The standard InChI is InChI=1S/C12H17ClN4O/c1-2-5-17-6-4-15-11(17)8-10(16-14)9-3-7-18-12(9)13/h3-4,6-7,10,16H,2,5,8,14H2,1H3. The zero-order chi connectivity index (χ0) is 13.0. The molecule has 0 saturated heterocycles. The Labute approximate surface area is 111 Å². The first kappa shape index (κ1) is 13.1. The van der Waals surface area contributed by atoms with E-state index in [2.05, 4.69) is 21.9 Å². The van der Waals surface area contributed by atoms with Crippen molar-refractivity contribution in [1.82, 2.24) is 15.0 Å². The molecule has 2 rings (SSSR count). The summed E-state index contributed by atoms with van der Waals surface area (Å²) >= 11 is 5.96. The predicted molar refractivity (Wildman–Crippen MR) is 70.0 cm³/mol. The maximum atomic E-state index is 5.96. The number of imidazole rings is 1. The van der Waals surface area contributed by atoms with Gasteiger partial charge >= 0.3 is 0 Å². The largest absolute Gasteiger partial charge is 0.453 e. The maximum absolute atomic E-state index is 5.96. The number of hydrogen-bond donors (Lipinski definition) is 2. The van der Waals surface area contributed by atoms with Crippen molar-refractivity contribution in [2.75, 3.05) is 0 Å². The minimum Gasteiger partial charge on any atom is -0.453 e. The van der Waals surface area contributed by atoms with E-state index in [-0.39, 0.29) is 6.04 Å². The highest BCUT2D eigenvalue weighted by Gasteiger charge is 2.18. The molecule has 0 spiro atoms. The average molecular weight is 269 g/mol.